The Hall–Kier alpha value is -0.620. The molecule has 1 aliphatic rings. The van der Waals surface area contributed by atoms with Crippen LogP contribution in [0.25, 0.3) is 0 Å². The summed E-state index contributed by atoms with van der Waals surface area (Å²) in [6, 6.07) is 0.271. The molecule has 0 radical (unpaired) electrons. The Balaban J connectivity index is 2.18. The number of hydrogen-bond donors (Lipinski definition) is 1. The molecule has 1 aromatic rings. The molecule has 0 aromatic carbocycles. The Morgan fingerprint density at radius 3 is 3.00 bits per heavy atom. The zero-order chi connectivity index (χ0) is 9.26. The summed E-state index contributed by atoms with van der Waals surface area (Å²) in [4.78, 5) is 3.98. The van der Waals surface area contributed by atoms with Crippen molar-refractivity contribution in [3.63, 3.8) is 0 Å². The predicted octanol–water partition coefficient (Wildman–Crippen LogP) is 0.974. The molecule has 1 atom stereocenters. The van der Waals surface area contributed by atoms with Crippen LogP contribution in [0.2, 0.25) is 0 Å². The molecule has 0 amide bonds. The maximum Gasteiger partial charge on any atom is 0.240 e. The molecular weight excluding hydrogens is 236 g/mol. The Bertz CT molecular complexity index is 295. The third kappa shape index (κ3) is 1.83. The van der Waals surface area contributed by atoms with E-state index in [1.165, 1.54) is 0 Å². The topological polar surface area (TPSA) is 66.0 Å². The van der Waals surface area contributed by atoms with Crippen molar-refractivity contribution in [1.29, 1.82) is 0 Å². The first-order valence-electron chi connectivity index (χ1n) is 4.22. The van der Waals surface area contributed by atoms with E-state index in [-0.39, 0.29) is 6.04 Å². The van der Waals surface area contributed by atoms with Crippen molar-refractivity contribution in [2.75, 3.05) is 18.9 Å². The highest BCUT2D eigenvalue weighted by molar-refractivity contribution is 9.10. The van der Waals surface area contributed by atoms with E-state index in [1.807, 2.05) is 0 Å². The molecule has 2 heterocycles. The first-order chi connectivity index (χ1) is 6.27. The van der Waals surface area contributed by atoms with Crippen molar-refractivity contribution < 1.29 is 4.74 Å². The van der Waals surface area contributed by atoms with E-state index in [2.05, 4.69) is 26.0 Å². The SMILES string of the molecule is Nc1nc(Br)n(C2CCCOC2)n1. The van der Waals surface area contributed by atoms with Crippen LogP contribution in [0.3, 0.4) is 0 Å². The lowest BCUT2D eigenvalue weighted by molar-refractivity contribution is 0.0540. The summed E-state index contributed by atoms with van der Waals surface area (Å²) in [6.07, 6.45) is 2.14. The molecule has 5 nitrogen and oxygen atoms in total. The van der Waals surface area contributed by atoms with Gasteiger partial charge in [0.05, 0.1) is 12.6 Å². The van der Waals surface area contributed by atoms with Crippen LogP contribution in [0.4, 0.5) is 5.95 Å². The summed E-state index contributed by atoms with van der Waals surface area (Å²) >= 11 is 3.31. The highest BCUT2D eigenvalue weighted by Crippen LogP contribution is 2.22. The predicted molar refractivity (Wildman–Crippen MR) is 51.2 cm³/mol. The summed E-state index contributed by atoms with van der Waals surface area (Å²) < 4.78 is 7.82. The number of ether oxygens (including phenoxy) is 1. The molecule has 0 spiro atoms. The summed E-state index contributed by atoms with van der Waals surface area (Å²) in [5.74, 6) is 0.303. The van der Waals surface area contributed by atoms with Crippen LogP contribution in [0.5, 0.6) is 0 Å². The average Bonchev–Trinajstić information content (AvgIpc) is 2.47. The highest BCUT2D eigenvalue weighted by atomic mass is 79.9. The van der Waals surface area contributed by atoms with Gasteiger partial charge in [0.2, 0.25) is 5.95 Å². The fraction of sp³-hybridized carbons (Fsp3) is 0.714. The molecule has 1 saturated heterocycles. The molecule has 6 heteroatoms. The van der Waals surface area contributed by atoms with E-state index < -0.39 is 0 Å². The molecule has 2 N–H and O–H groups in total. The van der Waals surface area contributed by atoms with Gasteiger partial charge in [-0.25, -0.2) is 4.68 Å². The van der Waals surface area contributed by atoms with Crippen molar-refractivity contribution >= 4 is 21.9 Å². The Kier molecular flexibility index (Phi) is 2.50. The summed E-state index contributed by atoms with van der Waals surface area (Å²) in [5.41, 5.74) is 5.47. The van der Waals surface area contributed by atoms with E-state index in [9.17, 15) is 0 Å². The lowest BCUT2D eigenvalue weighted by Gasteiger charge is -2.22. The number of anilines is 1. The number of rotatable bonds is 1. The molecule has 1 aliphatic heterocycles. The minimum atomic E-state index is 0.271. The van der Waals surface area contributed by atoms with Gasteiger partial charge in [-0.1, -0.05) is 0 Å². The normalized spacial score (nSPS) is 23.3. The van der Waals surface area contributed by atoms with Crippen LogP contribution >= 0.6 is 15.9 Å². The van der Waals surface area contributed by atoms with Gasteiger partial charge in [0, 0.05) is 6.61 Å². The maximum atomic E-state index is 5.47. The molecule has 72 valence electrons. The molecular formula is C7H11BrN4O. The van der Waals surface area contributed by atoms with Crippen molar-refractivity contribution in [3.05, 3.63) is 4.73 Å². The summed E-state index contributed by atoms with van der Waals surface area (Å²) in [6.45, 7) is 1.54. The lowest BCUT2D eigenvalue weighted by Crippen LogP contribution is -2.22. The second-order valence-electron chi connectivity index (χ2n) is 3.05. The zero-order valence-electron chi connectivity index (χ0n) is 7.11. The maximum absolute atomic E-state index is 5.47. The van der Waals surface area contributed by atoms with Crippen LogP contribution in [0, 0.1) is 0 Å². The summed E-state index contributed by atoms with van der Waals surface area (Å²) in [7, 11) is 0. The van der Waals surface area contributed by atoms with Gasteiger partial charge in [-0.05, 0) is 28.8 Å². The molecule has 1 fully saturated rings. The smallest absolute Gasteiger partial charge is 0.240 e. The number of nitrogen functional groups attached to an aromatic ring is 1. The van der Waals surface area contributed by atoms with Gasteiger partial charge in [-0.3, -0.25) is 0 Å². The van der Waals surface area contributed by atoms with E-state index in [0.717, 1.165) is 19.4 Å². The molecule has 0 saturated carbocycles. The van der Waals surface area contributed by atoms with Gasteiger partial charge in [0.25, 0.3) is 0 Å². The van der Waals surface area contributed by atoms with Crippen molar-refractivity contribution in [2.45, 2.75) is 18.9 Å². The van der Waals surface area contributed by atoms with Gasteiger partial charge in [-0.2, -0.15) is 4.98 Å². The second kappa shape index (κ2) is 3.63. The third-order valence-electron chi connectivity index (χ3n) is 2.09. The van der Waals surface area contributed by atoms with Crippen molar-refractivity contribution in [1.82, 2.24) is 14.8 Å². The number of nitrogens with two attached hydrogens (primary N) is 1. The van der Waals surface area contributed by atoms with Gasteiger partial charge >= 0.3 is 0 Å². The fourth-order valence-electron chi connectivity index (χ4n) is 1.47. The lowest BCUT2D eigenvalue weighted by atomic mass is 10.1. The molecule has 2 rings (SSSR count). The van der Waals surface area contributed by atoms with E-state index in [4.69, 9.17) is 10.5 Å². The monoisotopic (exact) mass is 246 g/mol. The van der Waals surface area contributed by atoms with Crippen molar-refractivity contribution in [3.8, 4) is 0 Å². The van der Waals surface area contributed by atoms with Gasteiger partial charge in [-0.15, -0.1) is 5.10 Å². The van der Waals surface area contributed by atoms with Crippen LogP contribution in [-0.4, -0.2) is 28.0 Å². The Morgan fingerprint density at radius 1 is 1.62 bits per heavy atom. The number of hydrogen-bond acceptors (Lipinski definition) is 4. The standard InChI is InChI=1S/C7H11BrN4O/c8-6-10-7(9)11-12(6)5-2-1-3-13-4-5/h5H,1-4H2,(H2,9,11). The quantitative estimate of drug-likeness (QED) is 0.803. The van der Waals surface area contributed by atoms with Gasteiger partial charge in [0.15, 0.2) is 4.73 Å². The Labute approximate surface area is 84.4 Å². The van der Waals surface area contributed by atoms with Crippen LogP contribution in [0.1, 0.15) is 18.9 Å². The molecule has 1 aromatic heterocycles. The average molecular weight is 247 g/mol. The molecule has 0 bridgehead atoms. The molecule has 0 aliphatic carbocycles. The first-order valence-corrected chi connectivity index (χ1v) is 5.02. The van der Waals surface area contributed by atoms with E-state index >= 15 is 0 Å². The van der Waals surface area contributed by atoms with E-state index in [0.29, 0.717) is 17.3 Å². The van der Waals surface area contributed by atoms with Crippen LogP contribution in [-0.2, 0) is 4.74 Å². The van der Waals surface area contributed by atoms with Gasteiger partial charge < -0.3 is 10.5 Å². The number of nitrogens with zero attached hydrogens (tertiary/aromatic N) is 3. The summed E-state index contributed by atoms with van der Waals surface area (Å²) in [5, 5.41) is 4.09. The first kappa shape index (κ1) is 8.96. The van der Waals surface area contributed by atoms with Gasteiger partial charge in [0.1, 0.15) is 0 Å². The zero-order valence-corrected chi connectivity index (χ0v) is 8.70. The van der Waals surface area contributed by atoms with Crippen molar-refractivity contribution in [2.24, 2.45) is 0 Å². The minimum absolute atomic E-state index is 0.271. The third-order valence-corrected chi connectivity index (χ3v) is 2.63. The number of halogens is 1. The Morgan fingerprint density at radius 2 is 2.46 bits per heavy atom. The van der Waals surface area contributed by atoms with Crippen LogP contribution in [0.15, 0.2) is 4.73 Å². The molecule has 1 unspecified atom stereocenters. The second-order valence-corrected chi connectivity index (χ2v) is 3.76. The number of aromatic nitrogens is 3. The largest absolute Gasteiger partial charge is 0.379 e. The minimum Gasteiger partial charge on any atom is -0.379 e. The molecule has 13 heavy (non-hydrogen) atoms. The van der Waals surface area contributed by atoms with E-state index in [1.54, 1.807) is 4.68 Å². The fourth-order valence-corrected chi connectivity index (χ4v) is 2.02. The van der Waals surface area contributed by atoms with Crippen LogP contribution < -0.4 is 5.73 Å². The highest BCUT2D eigenvalue weighted by Gasteiger charge is 2.19.